The van der Waals surface area contributed by atoms with E-state index in [1.807, 2.05) is 30.3 Å². The Morgan fingerprint density at radius 2 is 1.75 bits per heavy atom. The zero-order valence-corrected chi connectivity index (χ0v) is 11.5. The number of rotatable bonds is 2. The molecule has 0 aliphatic heterocycles. The van der Waals surface area contributed by atoms with E-state index >= 15 is 0 Å². The van der Waals surface area contributed by atoms with Crippen LogP contribution in [0.25, 0.3) is 0 Å². The summed E-state index contributed by atoms with van der Waals surface area (Å²) in [5.74, 6) is 1.49. The molecule has 4 fully saturated rings. The van der Waals surface area contributed by atoms with E-state index in [0.717, 1.165) is 25.7 Å². The van der Waals surface area contributed by atoms with E-state index in [0.29, 0.717) is 24.0 Å². The smallest absolute Gasteiger partial charge is 0.317 e. The molecule has 106 valence electrons. The molecule has 0 radical (unpaired) electrons. The van der Waals surface area contributed by atoms with Crippen LogP contribution in [0.2, 0.25) is 0 Å². The van der Waals surface area contributed by atoms with Crippen molar-refractivity contribution < 1.29 is 14.6 Å². The van der Waals surface area contributed by atoms with Crippen LogP contribution in [-0.4, -0.2) is 16.7 Å². The van der Waals surface area contributed by atoms with Gasteiger partial charge in [0.25, 0.3) is 0 Å². The first kappa shape index (κ1) is 12.4. The summed E-state index contributed by atoms with van der Waals surface area (Å²) in [6.07, 6.45) is 5.34. The fraction of sp³-hybridized carbons (Fsp3) is 0.588. The lowest BCUT2D eigenvalue weighted by atomic mass is 9.48. The first-order valence-electron chi connectivity index (χ1n) is 7.57. The quantitative estimate of drug-likeness (QED) is 0.665. The van der Waals surface area contributed by atoms with Crippen LogP contribution >= 0.6 is 0 Å². The van der Waals surface area contributed by atoms with E-state index in [9.17, 15) is 9.90 Å². The summed E-state index contributed by atoms with van der Waals surface area (Å²) in [5.41, 5.74) is -1.05. The summed E-state index contributed by atoms with van der Waals surface area (Å²) >= 11 is 0. The molecular weight excluding hydrogens is 252 g/mol. The van der Waals surface area contributed by atoms with Crippen molar-refractivity contribution in [2.75, 3.05) is 0 Å². The average Bonchev–Trinajstić information content (AvgIpc) is 2.37. The highest BCUT2D eigenvalue weighted by molar-refractivity contribution is 5.80. The molecule has 4 saturated carbocycles. The van der Waals surface area contributed by atoms with Gasteiger partial charge in [0.2, 0.25) is 0 Å². The Hall–Kier alpha value is -1.35. The number of hydrogen-bond acceptors (Lipinski definition) is 3. The Kier molecular flexibility index (Phi) is 2.53. The second-order valence-corrected chi connectivity index (χ2v) is 7.17. The van der Waals surface area contributed by atoms with Gasteiger partial charge in [-0.05, 0) is 62.5 Å². The first-order valence-corrected chi connectivity index (χ1v) is 7.57. The van der Waals surface area contributed by atoms with Crippen molar-refractivity contribution in [3.8, 4) is 5.75 Å². The van der Waals surface area contributed by atoms with Crippen LogP contribution < -0.4 is 4.74 Å². The van der Waals surface area contributed by atoms with Crippen molar-refractivity contribution in [1.82, 2.24) is 0 Å². The maximum Gasteiger partial charge on any atom is 0.317 e. The van der Waals surface area contributed by atoms with Crippen LogP contribution in [0.5, 0.6) is 5.75 Å². The third kappa shape index (κ3) is 1.87. The number of carbonyl (C=O) groups excluding carboxylic acids is 1. The van der Waals surface area contributed by atoms with Crippen molar-refractivity contribution >= 4 is 5.97 Å². The SMILES string of the molecule is O=C(Oc1ccccc1)C12C[C@@H]3C[C@@H](CC(O)(C3)C1)C2. The molecule has 1 aromatic carbocycles. The van der Waals surface area contributed by atoms with Gasteiger partial charge >= 0.3 is 5.97 Å². The summed E-state index contributed by atoms with van der Waals surface area (Å²) in [6, 6.07) is 9.27. The average molecular weight is 272 g/mol. The number of ether oxygens (including phenoxy) is 1. The predicted molar refractivity (Wildman–Crippen MR) is 74.1 cm³/mol. The molecule has 4 atom stereocenters. The third-order valence-corrected chi connectivity index (χ3v) is 5.42. The zero-order chi connectivity index (χ0) is 13.8. The van der Waals surface area contributed by atoms with Crippen LogP contribution in [0, 0.1) is 17.3 Å². The third-order valence-electron chi connectivity index (χ3n) is 5.42. The van der Waals surface area contributed by atoms with Crippen molar-refractivity contribution in [3.63, 3.8) is 0 Å². The van der Waals surface area contributed by atoms with E-state index in [4.69, 9.17) is 4.74 Å². The first-order chi connectivity index (χ1) is 9.57. The number of benzene rings is 1. The van der Waals surface area contributed by atoms with Crippen molar-refractivity contribution in [1.29, 1.82) is 0 Å². The summed E-state index contributed by atoms with van der Waals surface area (Å²) in [4.78, 5) is 12.7. The van der Waals surface area contributed by atoms with Gasteiger partial charge in [-0.3, -0.25) is 4.79 Å². The molecule has 4 bridgehead atoms. The van der Waals surface area contributed by atoms with E-state index in [1.165, 1.54) is 6.42 Å². The summed E-state index contributed by atoms with van der Waals surface area (Å²) < 4.78 is 5.59. The molecule has 0 amide bonds. The molecule has 1 aromatic rings. The number of para-hydroxylation sites is 1. The summed E-state index contributed by atoms with van der Waals surface area (Å²) in [5, 5.41) is 10.7. The summed E-state index contributed by atoms with van der Waals surface area (Å²) in [7, 11) is 0. The number of esters is 1. The molecule has 0 saturated heterocycles. The maximum absolute atomic E-state index is 12.7. The lowest BCUT2D eigenvalue weighted by molar-refractivity contribution is -0.188. The molecular formula is C17H20O3. The fourth-order valence-electron chi connectivity index (χ4n) is 5.16. The van der Waals surface area contributed by atoms with Crippen LogP contribution in [-0.2, 0) is 4.79 Å². The Balaban J connectivity index is 1.60. The van der Waals surface area contributed by atoms with Crippen molar-refractivity contribution in [3.05, 3.63) is 30.3 Å². The molecule has 1 N–H and O–H groups in total. The zero-order valence-electron chi connectivity index (χ0n) is 11.5. The lowest BCUT2D eigenvalue weighted by Crippen LogP contribution is -2.59. The van der Waals surface area contributed by atoms with Gasteiger partial charge in [0.05, 0.1) is 11.0 Å². The molecule has 0 spiro atoms. The summed E-state index contributed by atoms with van der Waals surface area (Å²) in [6.45, 7) is 0. The minimum atomic E-state index is -0.611. The minimum absolute atomic E-state index is 0.128. The van der Waals surface area contributed by atoms with Gasteiger partial charge in [0.1, 0.15) is 5.75 Å². The van der Waals surface area contributed by atoms with E-state index in [1.54, 1.807) is 0 Å². The highest BCUT2D eigenvalue weighted by atomic mass is 16.5. The molecule has 5 rings (SSSR count). The molecule has 4 aliphatic carbocycles. The van der Waals surface area contributed by atoms with E-state index in [-0.39, 0.29) is 5.97 Å². The van der Waals surface area contributed by atoms with Gasteiger partial charge in [-0.2, -0.15) is 0 Å². The molecule has 2 unspecified atom stereocenters. The normalized spacial score (nSPS) is 41.6. The standard InChI is InChI=1S/C17H20O3/c18-15(20-14-4-2-1-3-5-14)16-7-12-6-13(8-16)10-17(19,9-12)11-16/h1-5,12-13,19H,6-11H2/t12-,13+,16?,17?. The van der Waals surface area contributed by atoms with Gasteiger partial charge in [-0.15, -0.1) is 0 Å². The van der Waals surface area contributed by atoms with Crippen LogP contribution in [0.15, 0.2) is 30.3 Å². The lowest BCUT2D eigenvalue weighted by Gasteiger charge is -2.58. The van der Waals surface area contributed by atoms with Gasteiger partial charge in [0.15, 0.2) is 0 Å². The Morgan fingerprint density at radius 3 is 2.35 bits per heavy atom. The van der Waals surface area contributed by atoms with Crippen molar-refractivity contribution in [2.45, 2.75) is 44.1 Å². The fourth-order valence-corrected chi connectivity index (χ4v) is 5.16. The molecule has 3 nitrogen and oxygen atoms in total. The topological polar surface area (TPSA) is 46.5 Å². The predicted octanol–water partition coefficient (Wildman–Crippen LogP) is 2.92. The maximum atomic E-state index is 12.7. The van der Waals surface area contributed by atoms with Crippen LogP contribution in [0.3, 0.4) is 0 Å². The van der Waals surface area contributed by atoms with Crippen LogP contribution in [0.1, 0.15) is 38.5 Å². The molecule has 3 heteroatoms. The highest BCUT2D eigenvalue weighted by Gasteiger charge is 2.60. The van der Waals surface area contributed by atoms with Gasteiger partial charge < -0.3 is 9.84 Å². The highest BCUT2D eigenvalue weighted by Crippen LogP contribution is 2.61. The second kappa shape index (κ2) is 4.08. The Morgan fingerprint density at radius 1 is 1.10 bits per heavy atom. The van der Waals surface area contributed by atoms with Crippen LogP contribution in [0.4, 0.5) is 0 Å². The number of carbonyl (C=O) groups is 1. The Bertz CT molecular complexity index is 522. The molecule has 4 aliphatic rings. The molecule has 0 heterocycles. The van der Waals surface area contributed by atoms with Crippen molar-refractivity contribution in [2.24, 2.45) is 17.3 Å². The monoisotopic (exact) mass is 272 g/mol. The van der Waals surface area contributed by atoms with Gasteiger partial charge in [-0.1, -0.05) is 18.2 Å². The Labute approximate surface area is 118 Å². The largest absolute Gasteiger partial charge is 0.426 e. The number of aliphatic hydroxyl groups is 1. The second-order valence-electron chi connectivity index (χ2n) is 7.17. The van der Waals surface area contributed by atoms with Gasteiger partial charge in [-0.25, -0.2) is 0 Å². The molecule has 0 aromatic heterocycles. The minimum Gasteiger partial charge on any atom is -0.426 e. The number of hydrogen-bond donors (Lipinski definition) is 1. The molecule has 20 heavy (non-hydrogen) atoms. The van der Waals surface area contributed by atoms with Gasteiger partial charge in [0, 0.05) is 0 Å². The van der Waals surface area contributed by atoms with E-state index in [2.05, 4.69) is 0 Å². The van der Waals surface area contributed by atoms with E-state index < -0.39 is 11.0 Å².